The summed E-state index contributed by atoms with van der Waals surface area (Å²) >= 11 is 5.60. The van der Waals surface area contributed by atoms with Gasteiger partial charge in [0.05, 0.1) is 0 Å². The van der Waals surface area contributed by atoms with E-state index in [-0.39, 0.29) is 6.04 Å². The van der Waals surface area contributed by atoms with Crippen LogP contribution in [0, 0.1) is 5.92 Å². The molecule has 96 valence electrons. The number of hydrogen-bond acceptors (Lipinski definition) is 1. The van der Waals surface area contributed by atoms with E-state index in [2.05, 4.69) is 35.7 Å². The first-order valence-electron chi connectivity index (χ1n) is 6.12. The van der Waals surface area contributed by atoms with Gasteiger partial charge in [-0.15, -0.1) is 18.2 Å². The smallest absolute Gasteiger partial charge is 0.0408 e. The van der Waals surface area contributed by atoms with Crippen LogP contribution >= 0.6 is 11.6 Å². The van der Waals surface area contributed by atoms with E-state index in [1.54, 1.807) is 6.08 Å². The second kappa shape index (κ2) is 11.6. The van der Waals surface area contributed by atoms with Crippen molar-refractivity contribution in [2.45, 2.75) is 45.1 Å². The van der Waals surface area contributed by atoms with Crippen molar-refractivity contribution in [2.75, 3.05) is 5.88 Å². The molecule has 0 bridgehead atoms. The normalized spacial score (nSPS) is 14.2. The molecule has 0 heterocycles. The number of rotatable bonds is 10. The summed E-state index contributed by atoms with van der Waals surface area (Å²) in [7, 11) is 0. The first kappa shape index (κ1) is 16.1. The molecular weight excluding hydrogens is 234 g/mol. The largest absolute Gasteiger partial charge is 0.127 e. The van der Waals surface area contributed by atoms with Crippen molar-refractivity contribution in [1.29, 1.82) is 0 Å². The average molecular weight is 256 g/mol. The molecule has 4 heteroatoms. The van der Waals surface area contributed by atoms with Crippen LogP contribution in [0.3, 0.4) is 0 Å². The molecule has 3 nitrogen and oxygen atoms in total. The Kier molecular flexibility index (Phi) is 10.9. The van der Waals surface area contributed by atoms with Crippen molar-refractivity contribution in [2.24, 2.45) is 11.0 Å². The van der Waals surface area contributed by atoms with Crippen molar-refractivity contribution in [3.63, 3.8) is 0 Å². The Morgan fingerprint density at radius 1 is 1.47 bits per heavy atom. The van der Waals surface area contributed by atoms with Gasteiger partial charge in [0.15, 0.2) is 0 Å². The fourth-order valence-electron chi connectivity index (χ4n) is 1.56. The van der Waals surface area contributed by atoms with Gasteiger partial charge in [-0.2, -0.15) is 0 Å². The standard InChI is InChI=1S/C13H22ClN3/c1-3-7-13(16-17-15)10-9-12(2)8-5-4-6-11-14/h3,5,8,12-13H,1,4,6-7,9-11H2,2H3/b8-5-. The molecule has 0 amide bonds. The van der Waals surface area contributed by atoms with Crippen LogP contribution in [0.5, 0.6) is 0 Å². The maximum atomic E-state index is 8.43. The molecule has 0 aliphatic carbocycles. The Bertz CT molecular complexity index is 270. The van der Waals surface area contributed by atoms with E-state index < -0.39 is 0 Å². The van der Waals surface area contributed by atoms with Crippen LogP contribution in [0.4, 0.5) is 0 Å². The maximum Gasteiger partial charge on any atom is 0.0408 e. The molecule has 0 aliphatic rings. The lowest BCUT2D eigenvalue weighted by molar-refractivity contribution is 0.526. The Hall–Kier alpha value is -0.920. The zero-order valence-electron chi connectivity index (χ0n) is 10.6. The SMILES string of the molecule is C=CCC(CCC(C)/C=C\CCCCl)N=[N+]=[N-]. The highest BCUT2D eigenvalue weighted by molar-refractivity contribution is 6.17. The van der Waals surface area contributed by atoms with Gasteiger partial charge in [-0.25, -0.2) is 0 Å². The van der Waals surface area contributed by atoms with E-state index in [1.165, 1.54) is 0 Å². The first-order chi connectivity index (χ1) is 8.24. The van der Waals surface area contributed by atoms with Crippen molar-refractivity contribution in [1.82, 2.24) is 0 Å². The summed E-state index contributed by atoms with van der Waals surface area (Å²) in [5, 5.41) is 3.76. The molecule has 0 saturated carbocycles. The molecule has 0 fully saturated rings. The predicted octanol–water partition coefficient (Wildman–Crippen LogP) is 5.23. The molecule has 2 unspecified atom stereocenters. The summed E-state index contributed by atoms with van der Waals surface area (Å²) in [5.74, 6) is 1.24. The van der Waals surface area contributed by atoms with Crippen LogP contribution in [0.1, 0.15) is 39.0 Å². The molecule has 0 aliphatic heterocycles. The highest BCUT2D eigenvalue weighted by Crippen LogP contribution is 2.15. The van der Waals surface area contributed by atoms with Crippen molar-refractivity contribution >= 4 is 11.6 Å². The van der Waals surface area contributed by atoms with Crippen LogP contribution < -0.4 is 0 Å². The van der Waals surface area contributed by atoms with Gasteiger partial charge in [0, 0.05) is 16.8 Å². The number of nitrogens with zero attached hydrogens (tertiary/aromatic N) is 3. The molecule has 0 aromatic rings. The van der Waals surface area contributed by atoms with Crippen LogP contribution in [-0.4, -0.2) is 11.9 Å². The minimum Gasteiger partial charge on any atom is -0.127 e. The van der Waals surface area contributed by atoms with Gasteiger partial charge in [0.1, 0.15) is 0 Å². The summed E-state index contributed by atoms with van der Waals surface area (Å²) in [6.45, 7) is 5.85. The lowest BCUT2D eigenvalue weighted by atomic mass is 9.99. The molecule has 0 aromatic heterocycles. The number of hydrogen-bond donors (Lipinski definition) is 0. The van der Waals surface area contributed by atoms with Crippen molar-refractivity contribution in [3.8, 4) is 0 Å². The Labute approximate surface area is 109 Å². The van der Waals surface area contributed by atoms with E-state index >= 15 is 0 Å². The summed E-state index contributed by atoms with van der Waals surface area (Å²) in [4.78, 5) is 2.86. The average Bonchev–Trinajstić information content (AvgIpc) is 2.32. The van der Waals surface area contributed by atoms with Crippen LogP contribution in [0.25, 0.3) is 10.4 Å². The second-order valence-corrected chi connectivity index (χ2v) is 4.58. The van der Waals surface area contributed by atoms with E-state index in [9.17, 15) is 0 Å². The predicted molar refractivity (Wildman–Crippen MR) is 75.2 cm³/mol. The monoisotopic (exact) mass is 255 g/mol. The third kappa shape index (κ3) is 9.98. The van der Waals surface area contributed by atoms with Crippen molar-refractivity contribution < 1.29 is 0 Å². The number of unbranched alkanes of at least 4 members (excludes halogenated alkanes) is 1. The third-order valence-electron chi connectivity index (χ3n) is 2.58. The summed E-state index contributed by atoms with van der Waals surface area (Å²) in [5.41, 5.74) is 8.43. The summed E-state index contributed by atoms with van der Waals surface area (Å²) < 4.78 is 0. The van der Waals surface area contributed by atoms with Gasteiger partial charge < -0.3 is 0 Å². The molecule has 0 rings (SSSR count). The molecule has 0 aromatic carbocycles. The molecule has 17 heavy (non-hydrogen) atoms. The minimum absolute atomic E-state index is 0.0520. The van der Waals surface area contributed by atoms with E-state index in [1.807, 2.05) is 0 Å². The lowest BCUT2D eigenvalue weighted by Crippen LogP contribution is -2.04. The maximum absolute atomic E-state index is 8.43. The minimum atomic E-state index is 0.0520. The molecular formula is C13H22ClN3. The van der Waals surface area contributed by atoms with Gasteiger partial charge in [-0.1, -0.05) is 30.3 Å². The summed E-state index contributed by atoms with van der Waals surface area (Å²) in [6.07, 6.45) is 11.0. The third-order valence-corrected chi connectivity index (χ3v) is 2.85. The highest BCUT2D eigenvalue weighted by Gasteiger charge is 2.06. The number of alkyl halides is 1. The first-order valence-corrected chi connectivity index (χ1v) is 6.65. The number of halogens is 1. The fourth-order valence-corrected chi connectivity index (χ4v) is 1.72. The molecule has 0 saturated heterocycles. The number of azide groups is 1. The Balaban J connectivity index is 3.86. The number of allylic oxidation sites excluding steroid dienone is 2. The lowest BCUT2D eigenvalue weighted by Gasteiger charge is -2.10. The van der Waals surface area contributed by atoms with Crippen LogP contribution in [0.15, 0.2) is 29.9 Å². The molecule has 0 N–H and O–H groups in total. The topological polar surface area (TPSA) is 48.8 Å². The second-order valence-electron chi connectivity index (χ2n) is 4.20. The van der Waals surface area contributed by atoms with Gasteiger partial charge >= 0.3 is 0 Å². The van der Waals surface area contributed by atoms with Crippen LogP contribution in [-0.2, 0) is 0 Å². The Morgan fingerprint density at radius 3 is 2.82 bits per heavy atom. The molecule has 0 radical (unpaired) electrons. The zero-order chi connectivity index (χ0) is 12.9. The van der Waals surface area contributed by atoms with E-state index in [4.69, 9.17) is 17.1 Å². The molecule has 2 atom stereocenters. The van der Waals surface area contributed by atoms with E-state index in [0.717, 1.165) is 38.0 Å². The fraction of sp³-hybridized carbons (Fsp3) is 0.692. The quantitative estimate of drug-likeness (QED) is 0.128. The highest BCUT2D eigenvalue weighted by atomic mass is 35.5. The van der Waals surface area contributed by atoms with Gasteiger partial charge in [-0.05, 0) is 43.6 Å². The Morgan fingerprint density at radius 2 is 2.24 bits per heavy atom. The van der Waals surface area contributed by atoms with Crippen LogP contribution in [0.2, 0.25) is 0 Å². The molecule has 0 spiro atoms. The van der Waals surface area contributed by atoms with Crippen molar-refractivity contribution in [3.05, 3.63) is 35.2 Å². The van der Waals surface area contributed by atoms with Gasteiger partial charge in [-0.3, -0.25) is 0 Å². The summed E-state index contributed by atoms with van der Waals surface area (Å²) in [6, 6.07) is 0.0520. The zero-order valence-corrected chi connectivity index (χ0v) is 11.3. The van der Waals surface area contributed by atoms with E-state index in [0.29, 0.717) is 5.92 Å². The van der Waals surface area contributed by atoms with Gasteiger partial charge in [0.2, 0.25) is 0 Å². The van der Waals surface area contributed by atoms with Gasteiger partial charge in [0.25, 0.3) is 0 Å².